The fourth-order valence-corrected chi connectivity index (χ4v) is 2.03. The van der Waals surface area contributed by atoms with Crippen molar-refractivity contribution in [1.29, 1.82) is 0 Å². The van der Waals surface area contributed by atoms with E-state index in [1.54, 1.807) is 6.92 Å². The number of hydrogen-bond acceptors (Lipinski definition) is 4. The van der Waals surface area contributed by atoms with E-state index in [0.717, 1.165) is 0 Å². The first-order chi connectivity index (χ1) is 5.55. The fourth-order valence-electron chi connectivity index (χ4n) is 0.714. The molecule has 6 heteroatoms. The predicted octanol–water partition coefficient (Wildman–Crippen LogP) is -1.33. The van der Waals surface area contributed by atoms with Gasteiger partial charge in [-0.1, -0.05) is 6.92 Å². The Bertz CT molecular complexity index is 198. The Balaban J connectivity index is 4.03. The molecule has 0 aliphatic rings. The van der Waals surface area contributed by atoms with Gasteiger partial charge >= 0.3 is 0 Å². The maximum atomic E-state index is 11.0. The molecular weight excluding hydrogens is 182 g/mol. The van der Waals surface area contributed by atoms with Gasteiger partial charge in [-0.25, -0.2) is 13.1 Å². The lowest BCUT2D eigenvalue weighted by Gasteiger charge is -2.12. The summed E-state index contributed by atoms with van der Waals surface area (Å²) in [6.45, 7) is 0.963. The Morgan fingerprint density at radius 2 is 1.83 bits per heavy atom. The third-order valence-electron chi connectivity index (χ3n) is 1.26. The molecule has 0 unspecified atom stereocenters. The quantitative estimate of drug-likeness (QED) is 0.492. The first kappa shape index (κ1) is 11.8. The number of sulfonamides is 1. The van der Waals surface area contributed by atoms with Crippen LogP contribution in [-0.2, 0) is 10.0 Å². The van der Waals surface area contributed by atoms with Crippen LogP contribution in [0.15, 0.2) is 0 Å². The van der Waals surface area contributed by atoms with Crippen molar-refractivity contribution in [2.24, 2.45) is 0 Å². The molecule has 0 heterocycles. The maximum Gasteiger partial charge on any atom is 0.211 e. The molecule has 0 saturated heterocycles. The zero-order valence-corrected chi connectivity index (χ0v) is 7.84. The third kappa shape index (κ3) is 4.66. The average Bonchev–Trinajstić information content (AvgIpc) is 2.00. The van der Waals surface area contributed by atoms with Crippen molar-refractivity contribution in [3.05, 3.63) is 0 Å². The van der Waals surface area contributed by atoms with E-state index >= 15 is 0 Å². The largest absolute Gasteiger partial charge is 0.395 e. The number of rotatable bonds is 6. The van der Waals surface area contributed by atoms with Gasteiger partial charge in [0.1, 0.15) is 0 Å². The summed E-state index contributed by atoms with van der Waals surface area (Å²) in [5, 5.41) is 17.1. The van der Waals surface area contributed by atoms with Gasteiger partial charge in [0, 0.05) is 0 Å². The molecule has 0 rings (SSSR count). The van der Waals surface area contributed by atoms with Gasteiger partial charge in [-0.05, 0) is 6.42 Å². The van der Waals surface area contributed by atoms with Crippen molar-refractivity contribution in [2.75, 3.05) is 19.0 Å². The molecule has 0 amide bonds. The van der Waals surface area contributed by atoms with E-state index in [1.165, 1.54) is 0 Å². The molecule has 74 valence electrons. The van der Waals surface area contributed by atoms with E-state index < -0.39 is 16.1 Å². The Labute approximate surface area is 72.5 Å². The molecule has 12 heavy (non-hydrogen) atoms. The van der Waals surface area contributed by atoms with Crippen LogP contribution in [0.4, 0.5) is 0 Å². The minimum Gasteiger partial charge on any atom is -0.395 e. The van der Waals surface area contributed by atoms with Gasteiger partial charge in [0.05, 0.1) is 25.0 Å². The van der Waals surface area contributed by atoms with E-state index in [-0.39, 0.29) is 19.0 Å². The molecule has 0 atom stereocenters. The summed E-state index contributed by atoms with van der Waals surface area (Å²) in [6.07, 6.45) is 0.513. The lowest BCUT2D eigenvalue weighted by atomic mass is 10.4. The summed E-state index contributed by atoms with van der Waals surface area (Å²) < 4.78 is 24.2. The van der Waals surface area contributed by atoms with Gasteiger partial charge in [0.25, 0.3) is 0 Å². The molecule has 0 saturated carbocycles. The second-order valence-electron chi connectivity index (χ2n) is 2.50. The highest BCUT2D eigenvalue weighted by atomic mass is 32.2. The fraction of sp³-hybridized carbons (Fsp3) is 1.00. The summed E-state index contributed by atoms with van der Waals surface area (Å²) in [7, 11) is -3.33. The van der Waals surface area contributed by atoms with Gasteiger partial charge < -0.3 is 10.2 Å². The maximum absolute atomic E-state index is 11.0. The monoisotopic (exact) mass is 197 g/mol. The Kier molecular flexibility index (Phi) is 5.39. The number of nitrogens with one attached hydrogen (secondary N) is 1. The number of aliphatic hydroxyl groups is 2. The second kappa shape index (κ2) is 5.47. The van der Waals surface area contributed by atoms with Gasteiger partial charge in [-0.15, -0.1) is 0 Å². The second-order valence-corrected chi connectivity index (χ2v) is 4.37. The molecule has 0 aromatic heterocycles. The van der Waals surface area contributed by atoms with Crippen molar-refractivity contribution < 1.29 is 18.6 Å². The van der Waals surface area contributed by atoms with Crippen LogP contribution in [-0.4, -0.2) is 43.6 Å². The molecule has 0 aromatic rings. The van der Waals surface area contributed by atoms with Crippen LogP contribution in [0.2, 0.25) is 0 Å². The van der Waals surface area contributed by atoms with Crippen LogP contribution in [0.25, 0.3) is 0 Å². The Morgan fingerprint density at radius 1 is 1.33 bits per heavy atom. The van der Waals surface area contributed by atoms with Crippen molar-refractivity contribution in [1.82, 2.24) is 4.72 Å². The standard InChI is InChI=1S/C6H15NO4S/c1-2-3-12(10,11)7-6(4-8)5-9/h6-9H,2-5H2,1H3. The third-order valence-corrected chi connectivity index (χ3v) is 2.90. The van der Waals surface area contributed by atoms with Crippen molar-refractivity contribution in [3.8, 4) is 0 Å². The van der Waals surface area contributed by atoms with Crippen LogP contribution < -0.4 is 4.72 Å². The smallest absolute Gasteiger partial charge is 0.211 e. The molecule has 0 radical (unpaired) electrons. The zero-order chi connectivity index (χ0) is 9.61. The van der Waals surface area contributed by atoms with Crippen molar-refractivity contribution >= 4 is 10.0 Å². The summed E-state index contributed by atoms with van der Waals surface area (Å²) >= 11 is 0. The predicted molar refractivity (Wildman–Crippen MR) is 45.2 cm³/mol. The Hall–Kier alpha value is -0.170. The molecule has 5 nitrogen and oxygen atoms in total. The Morgan fingerprint density at radius 3 is 2.17 bits per heavy atom. The van der Waals surface area contributed by atoms with Gasteiger partial charge in [-0.2, -0.15) is 0 Å². The zero-order valence-electron chi connectivity index (χ0n) is 7.02. The molecule has 0 bridgehead atoms. The van der Waals surface area contributed by atoms with Crippen molar-refractivity contribution in [2.45, 2.75) is 19.4 Å². The molecule has 0 aliphatic carbocycles. The minimum atomic E-state index is -3.33. The summed E-state index contributed by atoms with van der Waals surface area (Å²) in [5.74, 6) is 0.0174. The van der Waals surface area contributed by atoms with Gasteiger partial charge in [-0.3, -0.25) is 0 Å². The van der Waals surface area contributed by atoms with Crippen LogP contribution in [0.3, 0.4) is 0 Å². The summed E-state index contributed by atoms with van der Waals surface area (Å²) in [6, 6.07) is -0.776. The highest BCUT2D eigenvalue weighted by Gasteiger charge is 2.14. The number of aliphatic hydroxyl groups excluding tert-OH is 2. The van der Waals surface area contributed by atoms with E-state index in [1.807, 2.05) is 0 Å². The summed E-state index contributed by atoms with van der Waals surface area (Å²) in [4.78, 5) is 0. The van der Waals surface area contributed by atoms with Crippen LogP contribution in [0.1, 0.15) is 13.3 Å². The first-order valence-electron chi connectivity index (χ1n) is 3.77. The van der Waals surface area contributed by atoms with Gasteiger partial charge in [0.2, 0.25) is 10.0 Å². The normalized spacial score (nSPS) is 12.3. The molecule has 3 N–H and O–H groups in total. The van der Waals surface area contributed by atoms with E-state index in [4.69, 9.17) is 10.2 Å². The molecule has 0 fully saturated rings. The molecular formula is C6H15NO4S. The summed E-state index contributed by atoms with van der Waals surface area (Å²) in [5.41, 5.74) is 0. The number of hydrogen-bond donors (Lipinski definition) is 3. The lowest BCUT2D eigenvalue weighted by Crippen LogP contribution is -2.41. The minimum absolute atomic E-state index is 0.0174. The topological polar surface area (TPSA) is 86.6 Å². The highest BCUT2D eigenvalue weighted by molar-refractivity contribution is 7.89. The van der Waals surface area contributed by atoms with E-state index in [0.29, 0.717) is 6.42 Å². The highest BCUT2D eigenvalue weighted by Crippen LogP contribution is 1.91. The van der Waals surface area contributed by atoms with E-state index in [9.17, 15) is 8.42 Å². The van der Waals surface area contributed by atoms with Crippen molar-refractivity contribution in [3.63, 3.8) is 0 Å². The molecule has 0 aliphatic heterocycles. The SMILES string of the molecule is CCCS(=O)(=O)NC(CO)CO. The van der Waals surface area contributed by atoms with E-state index in [2.05, 4.69) is 4.72 Å². The van der Waals surface area contributed by atoms with Crippen LogP contribution in [0.5, 0.6) is 0 Å². The molecule has 0 spiro atoms. The van der Waals surface area contributed by atoms with Gasteiger partial charge in [0.15, 0.2) is 0 Å². The first-order valence-corrected chi connectivity index (χ1v) is 5.42. The molecule has 0 aromatic carbocycles. The lowest BCUT2D eigenvalue weighted by molar-refractivity contribution is 0.185. The average molecular weight is 197 g/mol. The van der Waals surface area contributed by atoms with Crippen LogP contribution >= 0.6 is 0 Å². The van der Waals surface area contributed by atoms with Crippen LogP contribution in [0, 0.1) is 0 Å².